The van der Waals surface area contributed by atoms with E-state index in [0.717, 1.165) is 44.6 Å². The lowest BCUT2D eigenvalue weighted by Crippen LogP contribution is -2.61. The van der Waals surface area contributed by atoms with Gasteiger partial charge in [0.1, 0.15) is 5.78 Å². The lowest BCUT2D eigenvalue weighted by atomic mass is 9.56. The highest BCUT2D eigenvalue weighted by molar-refractivity contribution is 6.69. The van der Waals surface area contributed by atoms with Crippen LogP contribution in [-0.2, 0) is 13.6 Å². The van der Waals surface area contributed by atoms with Gasteiger partial charge in [0.2, 0.25) is 0 Å². The molecule has 0 aromatic rings. The third kappa shape index (κ3) is 7.80. The summed E-state index contributed by atoms with van der Waals surface area (Å²) in [6, 6.07) is 0. The molecule has 2 aliphatic carbocycles. The molecule has 0 N–H and O–H groups in total. The van der Waals surface area contributed by atoms with Crippen LogP contribution in [-0.4, -0.2) is 47.4 Å². The van der Waals surface area contributed by atoms with Crippen molar-refractivity contribution in [2.24, 2.45) is 22.7 Å². The predicted molar refractivity (Wildman–Crippen MR) is 148 cm³/mol. The number of Topliss-reactive ketones (excluding diaryl/α,β-unsaturated/α-hetero) is 1. The summed E-state index contributed by atoms with van der Waals surface area (Å²) < 4.78 is 95.7. The van der Waals surface area contributed by atoms with Crippen LogP contribution < -0.4 is 0 Å². The fraction of sp³-hybridized carbons (Fsp3) is 0.893. The minimum atomic E-state index is -5.66. The molecule has 39 heavy (non-hydrogen) atoms. The summed E-state index contributed by atoms with van der Waals surface area (Å²) in [6.07, 6.45) is -4.28. The van der Waals surface area contributed by atoms with Gasteiger partial charge < -0.3 is 8.85 Å². The molecule has 0 amide bonds. The molecule has 0 radical (unpaired) electrons. The van der Waals surface area contributed by atoms with Crippen molar-refractivity contribution in [2.45, 2.75) is 135 Å². The molecule has 0 aromatic heterocycles. The minimum absolute atomic E-state index is 0.0116. The van der Waals surface area contributed by atoms with E-state index in [-0.39, 0.29) is 41.1 Å². The predicted octanol–water partition coefficient (Wildman–Crippen LogP) is 8.54. The van der Waals surface area contributed by atoms with Crippen LogP contribution in [0.25, 0.3) is 0 Å². The summed E-state index contributed by atoms with van der Waals surface area (Å²) in [4.78, 5) is 12.8. The van der Waals surface area contributed by atoms with E-state index in [4.69, 9.17) is 8.85 Å². The first kappa shape index (κ1) is 34.5. The smallest absolute Gasteiger partial charge is 0.419 e. The van der Waals surface area contributed by atoms with Gasteiger partial charge in [-0.1, -0.05) is 32.9 Å². The van der Waals surface area contributed by atoms with Gasteiger partial charge in [0, 0.05) is 17.9 Å². The van der Waals surface area contributed by atoms with Gasteiger partial charge in [0.25, 0.3) is 5.60 Å². The number of carbonyl (C=O) groups is 1. The molecule has 3 nitrogen and oxygen atoms in total. The second kappa shape index (κ2) is 11.9. The number of carbonyl (C=O) groups excluding carboxylic acids is 1. The Morgan fingerprint density at radius 3 is 2.13 bits per heavy atom. The van der Waals surface area contributed by atoms with Crippen molar-refractivity contribution < 1.29 is 40.0 Å². The molecule has 0 spiro atoms. The van der Waals surface area contributed by atoms with Gasteiger partial charge in [-0.15, -0.1) is 0 Å². The summed E-state index contributed by atoms with van der Waals surface area (Å²) in [5.74, 6) is 0.158. The molecule has 2 rings (SSSR count). The van der Waals surface area contributed by atoms with Crippen LogP contribution in [0.3, 0.4) is 0 Å². The summed E-state index contributed by atoms with van der Waals surface area (Å²) in [6.45, 7) is 14.1. The highest BCUT2D eigenvalue weighted by atomic mass is 28.4. The third-order valence-electron chi connectivity index (χ3n) is 9.01. The zero-order valence-electron chi connectivity index (χ0n) is 24.9. The van der Waals surface area contributed by atoms with E-state index in [9.17, 15) is 31.1 Å². The molecular formula is C28H48F6O3Si2. The fourth-order valence-electron chi connectivity index (χ4n) is 7.35. The maximum Gasteiger partial charge on any atom is 0.429 e. The molecule has 2 saturated carbocycles. The van der Waals surface area contributed by atoms with Crippen molar-refractivity contribution in [1.29, 1.82) is 0 Å². The first-order valence-corrected chi connectivity index (χ1v) is 19.6. The van der Waals surface area contributed by atoms with Crippen molar-refractivity contribution in [3.05, 3.63) is 12.2 Å². The topological polar surface area (TPSA) is 35.5 Å². The van der Waals surface area contributed by atoms with Crippen molar-refractivity contribution in [1.82, 2.24) is 0 Å². The van der Waals surface area contributed by atoms with E-state index >= 15 is 0 Å². The van der Waals surface area contributed by atoms with Crippen LogP contribution in [0.5, 0.6) is 0 Å². The molecular weight excluding hydrogens is 554 g/mol. The molecule has 0 aromatic carbocycles. The summed E-state index contributed by atoms with van der Waals surface area (Å²) in [7, 11) is -3.91. The third-order valence-corrected chi connectivity index (χ3v) is 11.0. The van der Waals surface area contributed by atoms with Gasteiger partial charge in [-0.25, -0.2) is 0 Å². The van der Waals surface area contributed by atoms with E-state index in [1.165, 1.54) is 19.6 Å². The quantitative estimate of drug-likeness (QED) is 0.128. The van der Waals surface area contributed by atoms with Gasteiger partial charge in [0.05, 0.1) is 0 Å². The van der Waals surface area contributed by atoms with Crippen LogP contribution in [0.2, 0.25) is 26.2 Å². The molecule has 228 valence electrons. The Hall–Kier alpha value is -0.656. The van der Waals surface area contributed by atoms with Crippen LogP contribution in [0.1, 0.15) is 85.5 Å². The standard InChI is InChI=1S/C28H48F6O3Si2/c1-23(2,36-38-5)15-10-16-24(3,22-14-13-20-21(35)12-9-18-25(20,22)4)17-11-19-26(27(29,30)31,28(32,33)34)37-39(6,7)8/h11,19-20,22H,9-10,12-18,38H2,1-8H3/b19-11-/t20?,22?,24?,25-/m0/s1. The molecule has 0 bridgehead atoms. The van der Waals surface area contributed by atoms with Crippen LogP contribution in [0.4, 0.5) is 26.3 Å². The van der Waals surface area contributed by atoms with E-state index in [1.54, 1.807) is 0 Å². The molecule has 0 aliphatic heterocycles. The maximum absolute atomic E-state index is 14.1. The van der Waals surface area contributed by atoms with E-state index in [1.807, 2.05) is 27.3 Å². The van der Waals surface area contributed by atoms with Crippen LogP contribution in [0, 0.1) is 22.7 Å². The monoisotopic (exact) mass is 602 g/mol. The maximum atomic E-state index is 14.1. The van der Waals surface area contributed by atoms with Crippen molar-refractivity contribution in [3.8, 4) is 0 Å². The van der Waals surface area contributed by atoms with Crippen LogP contribution >= 0.6 is 0 Å². The lowest BCUT2D eigenvalue weighted by Gasteiger charge is -2.48. The average molecular weight is 603 g/mol. The number of rotatable bonds is 12. The number of alkyl halides is 6. The Kier molecular flexibility index (Phi) is 10.6. The van der Waals surface area contributed by atoms with E-state index in [0.29, 0.717) is 12.8 Å². The number of halogens is 6. The summed E-state index contributed by atoms with van der Waals surface area (Å²) in [5.41, 5.74) is -5.57. The average Bonchev–Trinajstić information content (AvgIpc) is 3.09. The van der Waals surface area contributed by atoms with Gasteiger partial charge >= 0.3 is 12.4 Å². The normalized spacial score (nSPS) is 27.5. The summed E-state index contributed by atoms with van der Waals surface area (Å²) in [5, 5.41) is 0. The number of fused-ring (bicyclic) bond motifs is 1. The van der Waals surface area contributed by atoms with Crippen molar-refractivity contribution >= 4 is 23.9 Å². The fourth-order valence-corrected chi connectivity index (χ4v) is 9.54. The highest BCUT2D eigenvalue weighted by Gasteiger charge is 2.71. The SMILES string of the molecule is C[SiH2]OC(C)(C)CCCC(C)(C/C=C\C(O[Si](C)(C)C)(C(F)(F)F)C(F)(F)F)C1CCC2C(=O)CCC[C@@]21C. The van der Waals surface area contributed by atoms with Crippen LogP contribution in [0.15, 0.2) is 12.2 Å². The molecule has 2 fully saturated rings. The van der Waals surface area contributed by atoms with Gasteiger partial charge in [-0.2, -0.15) is 26.3 Å². The summed E-state index contributed by atoms with van der Waals surface area (Å²) >= 11 is 0. The Balaban J connectivity index is 2.47. The zero-order chi connectivity index (χ0) is 30.1. The lowest BCUT2D eigenvalue weighted by molar-refractivity contribution is -0.340. The zero-order valence-corrected chi connectivity index (χ0v) is 27.3. The van der Waals surface area contributed by atoms with E-state index in [2.05, 4.69) is 6.92 Å². The van der Waals surface area contributed by atoms with Gasteiger partial charge in [-0.05, 0) is 101 Å². The van der Waals surface area contributed by atoms with Crippen molar-refractivity contribution in [3.63, 3.8) is 0 Å². The Bertz CT molecular complexity index is 866. The highest BCUT2D eigenvalue weighted by Crippen LogP contribution is 2.62. The van der Waals surface area contributed by atoms with Gasteiger partial charge in [0.15, 0.2) is 18.1 Å². The first-order chi connectivity index (χ1) is 17.5. The number of hydrogen-bond donors (Lipinski definition) is 0. The minimum Gasteiger partial charge on any atom is -0.419 e. The van der Waals surface area contributed by atoms with Gasteiger partial charge in [-0.3, -0.25) is 4.79 Å². The molecule has 3 unspecified atom stereocenters. The molecule has 4 atom stereocenters. The molecule has 0 heterocycles. The Morgan fingerprint density at radius 2 is 1.62 bits per heavy atom. The molecule has 2 aliphatic rings. The number of allylic oxidation sites excluding steroid dienone is 1. The molecule has 0 saturated heterocycles. The Morgan fingerprint density at radius 1 is 1.03 bits per heavy atom. The second-order valence-corrected chi connectivity index (χ2v) is 19.1. The molecule has 11 heteroatoms. The van der Waals surface area contributed by atoms with E-state index < -0.39 is 41.4 Å². The first-order valence-electron chi connectivity index (χ1n) is 14.2. The Labute approximate surface area is 233 Å². The largest absolute Gasteiger partial charge is 0.429 e. The second-order valence-electron chi connectivity index (χ2n) is 13.8. The number of ketones is 1. The number of hydrogen-bond acceptors (Lipinski definition) is 3. The van der Waals surface area contributed by atoms with Crippen molar-refractivity contribution in [2.75, 3.05) is 0 Å².